The molecule has 0 saturated carbocycles. The van der Waals surface area contributed by atoms with E-state index in [2.05, 4.69) is 33.8 Å². The van der Waals surface area contributed by atoms with E-state index in [1.165, 1.54) is 11.1 Å². The molecule has 2 rings (SSSR count). The summed E-state index contributed by atoms with van der Waals surface area (Å²) in [5.74, 6) is 0. The lowest BCUT2D eigenvalue weighted by atomic mass is 9.97. The van der Waals surface area contributed by atoms with Gasteiger partial charge < -0.3 is 15.7 Å². The maximum Gasteiger partial charge on any atom is 0.0708 e. The minimum absolute atomic E-state index is 0.0348. The SMILES string of the molecule is CNCc1cccc(-c2cc(CO)ccn2)c1CNC. The minimum atomic E-state index is 0.0348. The molecular weight excluding hydrogens is 250 g/mol. The second-order valence-corrected chi connectivity index (χ2v) is 4.71. The van der Waals surface area contributed by atoms with Crippen LogP contribution in [0.3, 0.4) is 0 Å². The maximum atomic E-state index is 9.27. The molecule has 0 aliphatic heterocycles. The Morgan fingerprint density at radius 2 is 1.90 bits per heavy atom. The molecule has 1 aromatic carbocycles. The normalized spacial score (nSPS) is 10.8. The van der Waals surface area contributed by atoms with Gasteiger partial charge in [-0.05, 0) is 42.9 Å². The largest absolute Gasteiger partial charge is 0.392 e. The third-order valence-corrected chi connectivity index (χ3v) is 3.28. The second-order valence-electron chi connectivity index (χ2n) is 4.71. The van der Waals surface area contributed by atoms with E-state index in [1.807, 2.05) is 26.2 Å². The number of rotatable bonds is 6. The molecule has 1 heterocycles. The molecule has 0 bridgehead atoms. The molecule has 2 aromatic rings. The Labute approximate surface area is 119 Å². The van der Waals surface area contributed by atoms with Crippen molar-refractivity contribution < 1.29 is 5.11 Å². The fourth-order valence-corrected chi connectivity index (χ4v) is 2.34. The van der Waals surface area contributed by atoms with Crippen LogP contribution in [0.1, 0.15) is 16.7 Å². The second kappa shape index (κ2) is 7.14. The molecule has 20 heavy (non-hydrogen) atoms. The average molecular weight is 271 g/mol. The summed E-state index contributed by atoms with van der Waals surface area (Å²) in [5, 5.41) is 15.7. The van der Waals surface area contributed by atoms with Gasteiger partial charge >= 0.3 is 0 Å². The standard InChI is InChI=1S/C16H21N3O/c1-17-9-13-4-3-5-14(15(13)10-18-2)16-8-12(11-20)6-7-19-16/h3-8,17-18,20H,9-11H2,1-2H3. The number of hydrogen-bond donors (Lipinski definition) is 3. The smallest absolute Gasteiger partial charge is 0.0708 e. The first kappa shape index (κ1) is 14.7. The summed E-state index contributed by atoms with van der Waals surface area (Å²) in [5.41, 5.74) is 5.40. The number of nitrogens with zero attached hydrogens (tertiary/aromatic N) is 1. The number of aromatic nitrogens is 1. The van der Waals surface area contributed by atoms with Crippen molar-refractivity contribution in [3.63, 3.8) is 0 Å². The van der Waals surface area contributed by atoms with E-state index in [0.29, 0.717) is 0 Å². The lowest BCUT2D eigenvalue weighted by Gasteiger charge is -2.14. The van der Waals surface area contributed by atoms with E-state index in [9.17, 15) is 5.11 Å². The molecule has 0 radical (unpaired) electrons. The predicted octanol–water partition coefficient (Wildman–Crippen LogP) is 1.68. The van der Waals surface area contributed by atoms with E-state index >= 15 is 0 Å². The van der Waals surface area contributed by atoms with Gasteiger partial charge in [-0.15, -0.1) is 0 Å². The lowest BCUT2D eigenvalue weighted by Crippen LogP contribution is -2.13. The van der Waals surface area contributed by atoms with Crippen LogP contribution in [0.15, 0.2) is 36.5 Å². The van der Waals surface area contributed by atoms with Crippen LogP contribution in [0.2, 0.25) is 0 Å². The van der Waals surface area contributed by atoms with Gasteiger partial charge in [0.2, 0.25) is 0 Å². The molecule has 106 valence electrons. The summed E-state index contributed by atoms with van der Waals surface area (Å²) in [7, 11) is 3.89. The van der Waals surface area contributed by atoms with E-state index in [1.54, 1.807) is 6.20 Å². The monoisotopic (exact) mass is 271 g/mol. The zero-order valence-electron chi connectivity index (χ0n) is 12.0. The summed E-state index contributed by atoms with van der Waals surface area (Å²) in [6, 6.07) is 10.0. The molecule has 0 aliphatic carbocycles. The quantitative estimate of drug-likeness (QED) is 0.748. The summed E-state index contributed by atoms with van der Waals surface area (Å²) < 4.78 is 0. The maximum absolute atomic E-state index is 9.27. The van der Waals surface area contributed by atoms with Crippen LogP contribution in [0.25, 0.3) is 11.3 Å². The molecule has 0 spiro atoms. The number of aliphatic hydroxyl groups is 1. The van der Waals surface area contributed by atoms with Gasteiger partial charge in [0.1, 0.15) is 0 Å². The van der Waals surface area contributed by atoms with E-state index in [0.717, 1.165) is 29.9 Å². The van der Waals surface area contributed by atoms with E-state index in [-0.39, 0.29) is 6.61 Å². The Morgan fingerprint density at radius 3 is 2.60 bits per heavy atom. The van der Waals surface area contributed by atoms with Crippen molar-refractivity contribution in [2.24, 2.45) is 0 Å². The molecule has 0 fully saturated rings. The zero-order valence-corrected chi connectivity index (χ0v) is 12.0. The highest BCUT2D eigenvalue weighted by atomic mass is 16.3. The zero-order chi connectivity index (χ0) is 14.4. The molecule has 4 nitrogen and oxygen atoms in total. The summed E-state index contributed by atoms with van der Waals surface area (Å²) in [6.07, 6.45) is 1.74. The number of pyridine rings is 1. The molecule has 0 unspecified atom stereocenters. The molecular formula is C16H21N3O. The van der Waals surface area contributed by atoms with Crippen molar-refractivity contribution in [3.05, 3.63) is 53.2 Å². The van der Waals surface area contributed by atoms with Crippen molar-refractivity contribution in [3.8, 4) is 11.3 Å². The van der Waals surface area contributed by atoms with Crippen LogP contribution in [0.4, 0.5) is 0 Å². The van der Waals surface area contributed by atoms with Crippen LogP contribution < -0.4 is 10.6 Å². The van der Waals surface area contributed by atoms with Crippen LogP contribution >= 0.6 is 0 Å². The average Bonchev–Trinajstić information content (AvgIpc) is 2.49. The molecule has 3 N–H and O–H groups in total. The minimum Gasteiger partial charge on any atom is -0.392 e. The van der Waals surface area contributed by atoms with Gasteiger partial charge in [0, 0.05) is 24.8 Å². The summed E-state index contributed by atoms with van der Waals surface area (Å²) in [4.78, 5) is 4.44. The van der Waals surface area contributed by atoms with Gasteiger partial charge in [-0.1, -0.05) is 18.2 Å². The summed E-state index contributed by atoms with van der Waals surface area (Å²) >= 11 is 0. The predicted molar refractivity (Wildman–Crippen MR) is 81.1 cm³/mol. The Morgan fingerprint density at radius 1 is 1.10 bits per heavy atom. The van der Waals surface area contributed by atoms with E-state index < -0.39 is 0 Å². The van der Waals surface area contributed by atoms with Gasteiger partial charge in [0.05, 0.1) is 12.3 Å². The molecule has 1 aromatic heterocycles. The van der Waals surface area contributed by atoms with Crippen molar-refractivity contribution in [2.45, 2.75) is 19.7 Å². The molecule has 4 heteroatoms. The van der Waals surface area contributed by atoms with Gasteiger partial charge in [0.25, 0.3) is 0 Å². The number of hydrogen-bond acceptors (Lipinski definition) is 4. The highest BCUT2D eigenvalue weighted by molar-refractivity contribution is 5.66. The topological polar surface area (TPSA) is 57.2 Å². The van der Waals surface area contributed by atoms with Crippen LogP contribution in [0, 0.1) is 0 Å². The van der Waals surface area contributed by atoms with Gasteiger partial charge in [-0.3, -0.25) is 4.98 Å². The fraction of sp³-hybridized carbons (Fsp3) is 0.312. The fourth-order valence-electron chi connectivity index (χ4n) is 2.34. The first-order valence-electron chi connectivity index (χ1n) is 6.76. The van der Waals surface area contributed by atoms with E-state index in [4.69, 9.17) is 0 Å². The summed E-state index contributed by atoms with van der Waals surface area (Å²) in [6.45, 7) is 1.65. The Balaban J connectivity index is 2.51. The van der Waals surface area contributed by atoms with Gasteiger partial charge in [-0.2, -0.15) is 0 Å². The lowest BCUT2D eigenvalue weighted by molar-refractivity contribution is 0.282. The highest BCUT2D eigenvalue weighted by Crippen LogP contribution is 2.25. The Kier molecular flexibility index (Phi) is 5.24. The number of nitrogens with one attached hydrogen (secondary N) is 2. The first-order chi connectivity index (χ1) is 9.80. The van der Waals surface area contributed by atoms with Crippen molar-refractivity contribution in [1.82, 2.24) is 15.6 Å². The first-order valence-corrected chi connectivity index (χ1v) is 6.76. The van der Waals surface area contributed by atoms with Crippen LogP contribution in [-0.4, -0.2) is 24.2 Å². The molecule has 0 aliphatic rings. The number of benzene rings is 1. The van der Waals surface area contributed by atoms with Crippen molar-refractivity contribution in [1.29, 1.82) is 0 Å². The van der Waals surface area contributed by atoms with Crippen LogP contribution in [-0.2, 0) is 19.7 Å². The van der Waals surface area contributed by atoms with Crippen molar-refractivity contribution >= 4 is 0 Å². The molecule has 0 saturated heterocycles. The molecule has 0 amide bonds. The number of aliphatic hydroxyl groups excluding tert-OH is 1. The van der Waals surface area contributed by atoms with Crippen molar-refractivity contribution in [2.75, 3.05) is 14.1 Å². The molecule has 0 atom stereocenters. The van der Waals surface area contributed by atoms with Crippen LogP contribution in [0.5, 0.6) is 0 Å². The van der Waals surface area contributed by atoms with Gasteiger partial charge in [0.15, 0.2) is 0 Å². The third kappa shape index (κ3) is 3.22. The Bertz CT molecular complexity index is 569. The highest BCUT2D eigenvalue weighted by Gasteiger charge is 2.10. The Hall–Kier alpha value is -1.75. The van der Waals surface area contributed by atoms with Gasteiger partial charge in [-0.25, -0.2) is 0 Å². The third-order valence-electron chi connectivity index (χ3n) is 3.28.